The van der Waals surface area contributed by atoms with Gasteiger partial charge in [-0.15, -0.1) is 0 Å². The minimum absolute atomic E-state index is 0.00322. The van der Waals surface area contributed by atoms with Gasteiger partial charge in [0.05, 0.1) is 5.69 Å². The Morgan fingerprint density at radius 3 is 2.44 bits per heavy atom. The summed E-state index contributed by atoms with van der Waals surface area (Å²) >= 11 is 0. The summed E-state index contributed by atoms with van der Waals surface area (Å²) in [7, 11) is 0. The van der Waals surface area contributed by atoms with Crippen LogP contribution in [0, 0.1) is 5.82 Å². The molecule has 0 saturated heterocycles. The number of nitrogens with two attached hydrogens (primary N) is 1. The first-order valence-electron chi connectivity index (χ1n) is 4.52. The predicted octanol–water partition coefficient (Wildman–Crippen LogP) is -0.548. The number of benzene rings is 1. The lowest BCUT2D eigenvalue weighted by molar-refractivity contribution is 0.610. The van der Waals surface area contributed by atoms with Crippen molar-refractivity contribution in [3.05, 3.63) is 50.5 Å². The van der Waals surface area contributed by atoms with Gasteiger partial charge in [-0.25, -0.2) is 28.7 Å². The lowest BCUT2D eigenvalue weighted by Gasteiger charge is -2.03. The van der Waals surface area contributed by atoms with E-state index >= 15 is 0 Å². The molecular weight excluding hydrogens is 215 g/mol. The third-order valence-corrected chi connectivity index (χ3v) is 2.19. The van der Waals surface area contributed by atoms with E-state index in [1.165, 1.54) is 12.1 Å². The Bertz CT molecular complexity index is 597. The SMILES string of the molecule is NCc1cc(-n2c(=O)[nH][nH]c2=O)ccc1F. The number of nitrogens with zero attached hydrogens (tertiary/aromatic N) is 1. The average molecular weight is 224 g/mol. The molecule has 84 valence electrons. The number of aromatic nitrogens is 3. The van der Waals surface area contributed by atoms with Gasteiger partial charge < -0.3 is 5.73 Å². The molecule has 16 heavy (non-hydrogen) atoms. The molecule has 7 heteroatoms. The molecule has 0 amide bonds. The van der Waals surface area contributed by atoms with E-state index in [0.717, 1.165) is 10.6 Å². The maximum Gasteiger partial charge on any atom is 0.348 e. The summed E-state index contributed by atoms with van der Waals surface area (Å²) in [6.45, 7) is -0.00322. The van der Waals surface area contributed by atoms with Crippen LogP contribution in [0.2, 0.25) is 0 Å². The van der Waals surface area contributed by atoms with Gasteiger partial charge in [0.2, 0.25) is 0 Å². The van der Waals surface area contributed by atoms with Crippen molar-refractivity contribution in [1.82, 2.24) is 14.8 Å². The minimum Gasteiger partial charge on any atom is -0.326 e. The molecule has 6 nitrogen and oxygen atoms in total. The quantitative estimate of drug-likeness (QED) is 0.638. The molecule has 1 heterocycles. The van der Waals surface area contributed by atoms with Gasteiger partial charge in [0.25, 0.3) is 0 Å². The van der Waals surface area contributed by atoms with Crippen molar-refractivity contribution in [3.63, 3.8) is 0 Å². The van der Waals surface area contributed by atoms with E-state index in [-0.39, 0.29) is 17.8 Å². The predicted molar refractivity (Wildman–Crippen MR) is 54.9 cm³/mol. The van der Waals surface area contributed by atoms with Crippen LogP contribution in [-0.4, -0.2) is 14.8 Å². The van der Waals surface area contributed by atoms with Gasteiger partial charge in [-0.3, -0.25) is 0 Å². The highest BCUT2D eigenvalue weighted by Gasteiger charge is 2.08. The standard InChI is InChI=1S/C9H9FN4O2/c10-7-2-1-6(3-5(7)4-11)14-8(15)12-13-9(14)16/h1-3H,4,11H2,(H,12,15)(H,13,16). The molecule has 1 aromatic heterocycles. The molecule has 2 rings (SSSR count). The fourth-order valence-electron chi connectivity index (χ4n) is 1.40. The molecule has 2 aromatic rings. The van der Waals surface area contributed by atoms with Gasteiger partial charge in [-0.2, -0.15) is 0 Å². The zero-order valence-electron chi connectivity index (χ0n) is 8.16. The molecule has 0 aliphatic carbocycles. The second kappa shape index (κ2) is 3.78. The molecule has 0 spiro atoms. The van der Waals surface area contributed by atoms with Crippen LogP contribution in [0.15, 0.2) is 27.8 Å². The van der Waals surface area contributed by atoms with E-state index in [0.29, 0.717) is 0 Å². The molecule has 0 aliphatic heterocycles. The first-order chi connectivity index (χ1) is 7.63. The number of H-pyrrole nitrogens is 2. The molecule has 1 aromatic carbocycles. The number of hydrogen-bond acceptors (Lipinski definition) is 3. The minimum atomic E-state index is -0.612. The Kier molecular flexibility index (Phi) is 2.45. The highest BCUT2D eigenvalue weighted by Crippen LogP contribution is 2.11. The van der Waals surface area contributed by atoms with Crippen molar-refractivity contribution in [2.24, 2.45) is 5.73 Å². The number of rotatable bonds is 2. The maximum absolute atomic E-state index is 13.2. The van der Waals surface area contributed by atoms with E-state index in [1.807, 2.05) is 0 Å². The van der Waals surface area contributed by atoms with Crippen LogP contribution in [-0.2, 0) is 6.54 Å². The van der Waals surface area contributed by atoms with Gasteiger partial charge in [0, 0.05) is 12.1 Å². The van der Waals surface area contributed by atoms with Crippen LogP contribution in [0.3, 0.4) is 0 Å². The molecule has 0 fully saturated rings. The highest BCUT2D eigenvalue weighted by atomic mass is 19.1. The van der Waals surface area contributed by atoms with Crippen molar-refractivity contribution < 1.29 is 4.39 Å². The zero-order chi connectivity index (χ0) is 11.7. The summed E-state index contributed by atoms with van der Waals surface area (Å²) in [6.07, 6.45) is 0. The molecule has 0 unspecified atom stereocenters. The topological polar surface area (TPSA) is 96.7 Å². The fourth-order valence-corrected chi connectivity index (χ4v) is 1.40. The Morgan fingerprint density at radius 2 is 1.88 bits per heavy atom. The second-order valence-corrected chi connectivity index (χ2v) is 3.18. The van der Waals surface area contributed by atoms with Crippen molar-refractivity contribution >= 4 is 0 Å². The zero-order valence-corrected chi connectivity index (χ0v) is 8.16. The number of aromatic amines is 2. The number of halogens is 1. The first kappa shape index (κ1) is 10.4. The molecule has 0 radical (unpaired) electrons. The van der Waals surface area contributed by atoms with E-state index < -0.39 is 17.2 Å². The van der Waals surface area contributed by atoms with Crippen molar-refractivity contribution in [3.8, 4) is 5.69 Å². The van der Waals surface area contributed by atoms with Gasteiger partial charge in [-0.1, -0.05) is 0 Å². The van der Waals surface area contributed by atoms with Crippen LogP contribution in [0.4, 0.5) is 4.39 Å². The third-order valence-electron chi connectivity index (χ3n) is 2.19. The van der Waals surface area contributed by atoms with E-state index in [2.05, 4.69) is 10.2 Å². The van der Waals surface area contributed by atoms with Gasteiger partial charge >= 0.3 is 11.4 Å². The van der Waals surface area contributed by atoms with Gasteiger partial charge in [0.15, 0.2) is 0 Å². The average Bonchev–Trinajstić information content (AvgIpc) is 2.60. The van der Waals surface area contributed by atoms with Gasteiger partial charge in [-0.05, 0) is 18.2 Å². The van der Waals surface area contributed by atoms with Crippen LogP contribution in [0.25, 0.3) is 5.69 Å². The second-order valence-electron chi connectivity index (χ2n) is 3.18. The Morgan fingerprint density at radius 1 is 1.25 bits per heavy atom. The van der Waals surface area contributed by atoms with Gasteiger partial charge in [0.1, 0.15) is 5.82 Å². The highest BCUT2D eigenvalue weighted by molar-refractivity contribution is 5.36. The summed E-state index contributed by atoms with van der Waals surface area (Å²) in [5, 5.41) is 4.26. The molecule has 0 saturated carbocycles. The Balaban J connectivity index is 2.66. The number of nitrogens with one attached hydrogen (secondary N) is 2. The third kappa shape index (κ3) is 1.57. The van der Waals surface area contributed by atoms with E-state index in [4.69, 9.17) is 5.73 Å². The van der Waals surface area contributed by atoms with Crippen LogP contribution in [0.5, 0.6) is 0 Å². The summed E-state index contributed by atoms with van der Waals surface area (Å²) < 4.78 is 14.0. The van der Waals surface area contributed by atoms with E-state index in [1.54, 1.807) is 0 Å². The molecule has 0 bridgehead atoms. The summed E-state index contributed by atoms with van der Waals surface area (Å²) in [6, 6.07) is 3.86. The normalized spacial score (nSPS) is 10.6. The first-order valence-corrected chi connectivity index (χ1v) is 4.52. The van der Waals surface area contributed by atoms with Crippen molar-refractivity contribution in [2.75, 3.05) is 0 Å². The lowest BCUT2D eigenvalue weighted by Crippen LogP contribution is -2.24. The number of hydrogen-bond donors (Lipinski definition) is 3. The molecule has 0 atom stereocenters. The monoisotopic (exact) mass is 224 g/mol. The molecular formula is C9H9FN4O2. The van der Waals surface area contributed by atoms with E-state index in [9.17, 15) is 14.0 Å². The maximum atomic E-state index is 13.2. The summed E-state index contributed by atoms with van der Waals surface area (Å²) in [5.74, 6) is -0.466. The van der Waals surface area contributed by atoms with Crippen molar-refractivity contribution in [1.29, 1.82) is 0 Å². The van der Waals surface area contributed by atoms with Crippen molar-refractivity contribution in [2.45, 2.75) is 6.54 Å². The molecule has 0 aliphatic rings. The fraction of sp³-hybridized carbons (Fsp3) is 0.111. The summed E-state index contributed by atoms with van der Waals surface area (Å²) in [5.41, 5.74) is 4.62. The van der Waals surface area contributed by atoms with Crippen LogP contribution >= 0.6 is 0 Å². The molecule has 4 N–H and O–H groups in total. The largest absolute Gasteiger partial charge is 0.348 e. The Hall–Kier alpha value is -2.15. The smallest absolute Gasteiger partial charge is 0.326 e. The van der Waals surface area contributed by atoms with Crippen LogP contribution < -0.4 is 17.1 Å². The Labute approximate surface area is 88.5 Å². The lowest BCUT2D eigenvalue weighted by atomic mass is 10.2. The van der Waals surface area contributed by atoms with Crippen LogP contribution in [0.1, 0.15) is 5.56 Å². The summed E-state index contributed by atoms with van der Waals surface area (Å²) in [4.78, 5) is 22.6.